The maximum absolute atomic E-state index is 9.02. The fourth-order valence-electron chi connectivity index (χ4n) is 0.913. The van der Waals surface area contributed by atoms with E-state index in [1.165, 1.54) is 0 Å². The zero-order valence-electron chi connectivity index (χ0n) is 5.46. The van der Waals surface area contributed by atoms with Gasteiger partial charge in [-0.1, -0.05) is 11.6 Å². The molecule has 1 aliphatic rings. The maximum atomic E-state index is 9.02. The van der Waals surface area contributed by atoms with E-state index in [1.807, 2.05) is 0 Å². The molecule has 1 fully saturated rings. The molecule has 1 heterocycles. The maximum Gasteiger partial charge on any atom is 0.184 e. The van der Waals surface area contributed by atoms with Gasteiger partial charge >= 0.3 is 0 Å². The molecule has 5 atom stereocenters. The number of aliphatic hydroxyl groups excluding tert-OH is 4. The minimum Gasteiger partial charge on any atom is -0.387 e. The lowest BCUT2D eigenvalue weighted by molar-refractivity contribution is -0.137. The van der Waals surface area contributed by atoms with Gasteiger partial charge in [0.15, 0.2) is 11.9 Å². The molecular formula is C5H9ClO5. The topological polar surface area (TPSA) is 90.2 Å². The van der Waals surface area contributed by atoms with E-state index in [4.69, 9.17) is 32.0 Å². The first-order valence-electron chi connectivity index (χ1n) is 3.06. The number of aliphatic hydroxyl groups is 4. The second-order valence-electron chi connectivity index (χ2n) is 2.35. The Labute approximate surface area is 67.8 Å². The summed E-state index contributed by atoms with van der Waals surface area (Å²) in [4.78, 5) is 0. The lowest BCUT2D eigenvalue weighted by atomic mass is 10.1. The molecule has 0 radical (unpaired) electrons. The van der Waals surface area contributed by atoms with Gasteiger partial charge in [-0.3, -0.25) is 0 Å². The van der Waals surface area contributed by atoms with Crippen LogP contribution < -0.4 is 0 Å². The first kappa shape index (κ1) is 9.18. The molecule has 2 unspecified atom stereocenters. The van der Waals surface area contributed by atoms with Crippen molar-refractivity contribution in [3.05, 3.63) is 0 Å². The van der Waals surface area contributed by atoms with Crippen molar-refractivity contribution in [1.29, 1.82) is 0 Å². The van der Waals surface area contributed by atoms with Gasteiger partial charge in [0.1, 0.15) is 18.3 Å². The van der Waals surface area contributed by atoms with E-state index in [2.05, 4.69) is 4.74 Å². The molecule has 0 spiro atoms. The second-order valence-corrected chi connectivity index (χ2v) is 2.79. The summed E-state index contributed by atoms with van der Waals surface area (Å²) in [7, 11) is 0. The van der Waals surface area contributed by atoms with Crippen molar-refractivity contribution in [2.45, 2.75) is 30.2 Å². The van der Waals surface area contributed by atoms with Crippen molar-refractivity contribution in [3.8, 4) is 0 Å². The minimum atomic E-state index is -1.48. The molecule has 6 heteroatoms. The van der Waals surface area contributed by atoms with E-state index in [0.717, 1.165) is 0 Å². The molecule has 0 aromatic rings. The van der Waals surface area contributed by atoms with Crippen LogP contribution in [0.3, 0.4) is 0 Å². The van der Waals surface area contributed by atoms with Gasteiger partial charge in [0.05, 0.1) is 0 Å². The van der Waals surface area contributed by atoms with Gasteiger partial charge in [-0.05, 0) is 0 Å². The SMILES string of the molecule is OC(Cl)[C@H]1OC(O)[C@H](O)[C@H]1O. The Morgan fingerprint density at radius 1 is 1.18 bits per heavy atom. The summed E-state index contributed by atoms with van der Waals surface area (Å²) in [5.41, 5.74) is -1.43. The Bertz CT molecular complexity index is 141. The molecule has 4 N–H and O–H groups in total. The van der Waals surface area contributed by atoms with E-state index in [9.17, 15) is 0 Å². The Morgan fingerprint density at radius 3 is 1.91 bits per heavy atom. The van der Waals surface area contributed by atoms with Gasteiger partial charge in [-0.2, -0.15) is 0 Å². The van der Waals surface area contributed by atoms with E-state index in [0.29, 0.717) is 0 Å². The third-order valence-corrected chi connectivity index (χ3v) is 1.79. The predicted molar refractivity (Wildman–Crippen MR) is 34.8 cm³/mol. The number of rotatable bonds is 1. The summed E-state index contributed by atoms with van der Waals surface area (Å²) in [6.45, 7) is 0. The van der Waals surface area contributed by atoms with Crippen LogP contribution >= 0.6 is 11.6 Å². The highest BCUT2D eigenvalue weighted by Gasteiger charge is 2.44. The van der Waals surface area contributed by atoms with Crippen molar-refractivity contribution in [3.63, 3.8) is 0 Å². The molecule has 0 amide bonds. The van der Waals surface area contributed by atoms with Crippen molar-refractivity contribution < 1.29 is 25.2 Å². The highest BCUT2D eigenvalue weighted by atomic mass is 35.5. The number of hydrogen-bond donors (Lipinski definition) is 4. The summed E-state index contributed by atoms with van der Waals surface area (Å²) in [5, 5.41) is 35.4. The Morgan fingerprint density at radius 2 is 1.73 bits per heavy atom. The average Bonchev–Trinajstić information content (AvgIpc) is 2.17. The van der Waals surface area contributed by atoms with Crippen LogP contribution in [0.5, 0.6) is 0 Å². The third-order valence-electron chi connectivity index (χ3n) is 1.55. The van der Waals surface area contributed by atoms with Crippen LogP contribution in [0.1, 0.15) is 0 Å². The summed E-state index contributed by atoms with van der Waals surface area (Å²) < 4.78 is 4.52. The van der Waals surface area contributed by atoms with Gasteiger partial charge in [0.2, 0.25) is 0 Å². The number of hydrogen-bond acceptors (Lipinski definition) is 5. The lowest BCUT2D eigenvalue weighted by Gasteiger charge is -2.14. The third kappa shape index (κ3) is 1.64. The highest BCUT2D eigenvalue weighted by Crippen LogP contribution is 2.23. The zero-order valence-corrected chi connectivity index (χ0v) is 6.22. The van der Waals surface area contributed by atoms with Crippen molar-refractivity contribution >= 4 is 11.6 Å². The van der Waals surface area contributed by atoms with Crippen molar-refractivity contribution in [2.24, 2.45) is 0 Å². The van der Waals surface area contributed by atoms with Crippen LogP contribution in [0.4, 0.5) is 0 Å². The Kier molecular flexibility index (Phi) is 2.69. The van der Waals surface area contributed by atoms with E-state index < -0.39 is 30.2 Å². The number of ether oxygens (including phenoxy) is 1. The molecule has 0 aliphatic carbocycles. The Balaban J connectivity index is 2.59. The monoisotopic (exact) mass is 184 g/mol. The molecule has 11 heavy (non-hydrogen) atoms. The molecule has 5 nitrogen and oxygen atoms in total. The summed E-state index contributed by atoms with van der Waals surface area (Å²) in [5.74, 6) is 0. The second kappa shape index (κ2) is 3.22. The van der Waals surface area contributed by atoms with Crippen LogP contribution in [0.25, 0.3) is 0 Å². The molecule has 1 aliphatic heterocycles. The van der Waals surface area contributed by atoms with Crippen LogP contribution in [-0.2, 0) is 4.74 Å². The van der Waals surface area contributed by atoms with Gasteiger partial charge in [-0.15, -0.1) is 0 Å². The van der Waals surface area contributed by atoms with Crippen LogP contribution in [0.2, 0.25) is 0 Å². The van der Waals surface area contributed by atoms with E-state index in [1.54, 1.807) is 0 Å². The molecular weight excluding hydrogens is 176 g/mol. The molecule has 0 aromatic carbocycles. The molecule has 0 saturated carbocycles. The van der Waals surface area contributed by atoms with E-state index >= 15 is 0 Å². The first-order valence-corrected chi connectivity index (χ1v) is 3.49. The minimum absolute atomic E-state index is 1.14. The van der Waals surface area contributed by atoms with Crippen LogP contribution in [-0.4, -0.2) is 50.6 Å². The summed E-state index contributed by atoms with van der Waals surface area (Å²) in [6, 6.07) is 0. The smallest absolute Gasteiger partial charge is 0.184 e. The van der Waals surface area contributed by atoms with Gasteiger partial charge in [0, 0.05) is 0 Å². The van der Waals surface area contributed by atoms with Crippen LogP contribution in [0.15, 0.2) is 0 Å². The van der Waals surface area contributed by atoms with Crippen molar-refractivity contribution in [1.82, 2.24) is 0 Å². The molecule has 1 rings (SSSR count). The molecule has 1 saturated heterocycles. The van der Waals surface area contributed by atoms with Crippen molar-refractivity contribution in [2.75, 3.05) is 0 Å². The molecule has 0 bridgehead atoms. The predicted octanol–water partition coefficient (Wildman–Crippen LogP) is -2.02. The van der Waals surface area contributed by atoms with E-state index in [-0.39, 0.29) is 0 Å². The van der Waals surface area contributed by atoms with Gasteiger partial charge < -0.3 is 25.2 Å². The summed E-state index contributed by atoms with van der Waals surface area (Å²) >= 11 is 5.16. The van der Waals surface area contributed by atoms with Crippen LogP contribution in [0, 0.1) is 0 Å². The lowest BCUT2D eigenvalue weighted by Crippen LogP contribution is -2.36. The molecule has 66 valence electrons. The quantitative estimate of drug-likeness (QED) is 0.354. The normalized spacial score (nSPS) is 47.7. The summed E-state index contributed by atoms with van der Waals surface area (Å²) in [6.07, 6.45) is -5.38. The average molecular weight is 185 g/mol. The largest absolute Gasteiger partial charge is 0.387 e. The standard InChI is InChI=1S/C5H9ClO5/c6-4(9)3-1(7)2(8)5(10)11-3/h1-5,7-10H/t1-,2-,3+,4?,5?/m1/s1. The first-order chi connectivity index (χ1) is 5.04. The zero-order chi connectivity index (χ0) is 8.59. The highest BCUT2D eigenvalue weighted by molar-refractivity contribution is 6.19. The molecule has 0 aromatic heterocycles. The van der Waals surface area contributed by atoms with Gasteiger partial charge in [0.25, 0.3) is 0 Å². The number of halogens is 1. The van der Waals surface area contributed by atoms with Gasteiger partial charge in [-0.25, -0.2) is 0 Å². The fraction of sp³-hybridized carbons (Fsp3) is 1.00. The number of alkyl halides is 1. The Hall–Kier alpha value is 0.0900. The fourth-order valence-corrected chi connectivity index (χ4v) is 1.12.